The largest absolute Gasteiger partial charge is 0.609 e. The van der Waals surface area contributed by atoms with Gasteiger partial charge in [0.2, 0.25) is 4.90 Å². The van der Waals surface area contributed by atoms with E-state index in [1.807, 2.05) is 0 Å². The smallest absolute Gasteiger partial charge is 0.250 e. The van der Waals surface area contributed by atoms with Crippen molar-refractivity contribution in [1.29, 1.82) is 0 Å². The van der Waals surface area contributed by atoms with E-state index >= 15 is 0 Å². The van der Waals surface area contributed by atoms with E-state index in [2.05, 4.69) is 0 Å². The molecule has 0 saturated carbocycles. The maximum atomic E-state index is 12.5. The van der Waals surface area contributed by atoms with E-state index in [4.69, 9.17) is 14.2 Å². The Balaban J connectivity index is 1.87. The fraction of sp³-hybridized carbons (Fsp3) is 0.167. The minimum absolute atomic E-state index is 0.0110. The number of phenolic OH excluding ortho intramolecular Hbond substituents is 1. The fourth-order valence-corrected chi connectivity index (χ4v) is 3.39. The second-order valence-corrected chi connectivity index (χ2v) is 6.60. The van der Waals surface area contributed by atoms with E-state index in [1.54, 1.807) is 24.3 Å². The van der Waals surface area contributed by atoms with E-state index in [9.17, 15) is 14.5 Å². The van der Waals surface area contributed by atoms with Crippen LogP contribution in [0.25, 0.3) is 6.08 Å². The van der Waals surface area contributed by atoms with Gasteiger partial charge >= 0.3 is 0 Å². The van der Waals surface area contributed by atoms with Crippen molar-refractivity contribution in [3.05, 3.63) is 47.5 Å². The number of carbonyl (C=O) groups is 1. The molecule has 6 nitrogen and oxygen atoms in total. The van der Waals surface area contributed by atoms with Crippen molar-refractivity contribution >= 4 is 23.0 Å². The maximum absolute atomic E-state index is 12.5. The fourth-order valence-electron chi connectivity index (χ4n) is 2.45. The number of ether oxygens (including phenoxy) is 3. The van der Waals surface area contributed by atoms with Gasteiger partial charge in [0.1, 0.15) is 5.75 Å². The van der Waals surface area contributed by atoms with Crippen molar-refractivity contribution in [3.8, 4) is 23.0 Å². The molecule has 130 valence electrons. The molecule has 1 heterocycles. The van der Waals surface area contributed by atoms with Crippen LogP contribution in [0.5, 0.6) is 23.0 Å². The Morgan fingerprint density at radius 2 is 2.00 bits per heavy atom. The first-order valence-electron chi connectivity index (χ1n) is 7.36. The van der Waals surface area contributed by atoms with Gasteiger partial charge in [-0.2, -0.15) is 0 Å². The predicted molar refractivity (Wildman–Crippen MR) is 92.9 cm³/mol. The molecule has 0 aromatic heterocycles. The summed E-state index contributed by atoms with van der Waals surface area (Å²) in [5, 5.41) is 9.78. The molecule has 1 aliphatic rings. The van der Waals surface area contributed by atoms with Crippen LogP contribution in [0.15, 0.2) is 41.3 Å². The molecule has 1 N–H and O–H groups in total. The molecule has 1 unspecified atom stereocenters. The quantitative estimate of drug-likeness (QED) is 0.501. The molecule has 3 rings (SSSR count). The van der Waals surface area contributed by atoms with E-state index in [0.717, 1.165) is 0 Å². The minimum atomic E-state index is -1.24. The lowest BCUT2D eigenvalue weighted by Crippen LogP contribution is -2.02. The van der Waals surface area contributed by atoms with E-state index in [-0.39, 0.29) is 17.5 Å². The highest BCUT2D eigenvalue weighted by Crippen LogP contribution is 2.37. The molecule has 0 saturated heterocycles. The summed E-state index contributed by atoms with van der Waals surface area (Å²) in [6.45, 7) is 0. The number of benzene rings is 2. The molecule has 0 amide bonds. The summed E-state index contributed by atoms with van der Waals surface area (Å²) >= 11 is -1.24. The van der Waals surface area contributed by atoms with Crippen LogP contribution in [-0.4, -0.2) is 35.6 Å². The van der Waals surface area contributed by atoms with Crippen LogP contribution in [0.2, 0.25) is 0 Å². The Kier molecular flexibility index (Phi) is 4.87. The highest BCUT2D eigenvalue weighted by atomic mass is 32.2. The lowest BCUT2D eigenvalue weighted by atomic mass is 10.1. The maximum Gasteiger partial charge on any atom is 0.250 e. The van der Waals surface area contributed by atoms with Crippen LogP contribution < -0.4 is 14.2 Å². The first kappa shape index (κ1) is 17.2. The molecule has 1 atom stereocenters. The Morgan fingerprint density at radius 3 is 2.68 bits per heavy atom. The first-order valence-corrected chi connectivity index (χ1v) is 8.68. The Hall–Kier alpha value is -2.64. The van der Waals surface area contributed by atoms with E-state index < -0.39 is 11.2 Å². The lowest BCUT2D eigenvalue weighted by molar-refractivity contribution is 0.104. The lowest BCUT2D eigenvalue weighted by Gasteiger charge is -2.07. The third-order valence-corrected chi connectivity index (χ3v) is 4.87. The third-order valence-electron chi connectivity index (χ3n) is 3.73. The molecule has 2 aromatic carbocycles. The first-order chi connectivity index (χ1) is 12.0. The predicted octanol–water partition coefficient (Wildman–Crippen LogP) is 2.76. The number of methoxy groups -OCH3 is 2. The summed E-state index contributed by atoms with van der Waals surface area (Å²) in [6.07, 6.45) is 2.95. The topological polar surface area (TPSA) is 88.1 Å². The standard InChI is InChI=1S/C18H16O6S/c1-22-15-6-4-11(7-14(15)20)3-5-13(19)12-8-17-18(9-16(12)23-2)25(21)10-24-17/h3-9,20H,10H2,1-2H3. The van der Waals surface area contributed by atoms with Crippen molar-refractivity contribution in [2.24, 2.45) is 0 Å². The van der Waals surface area contributed by atoms with Crippen LogP contribution >= 0.6 is 0 Å². The zero-order chi connectivity index (χ0) is 18.0. The summed E-state index contributed by atoms with van der Waals surface area (Å²) in [5.74, 6) is 0.896. The molecule has 25 heavy (non-hydrogen) atoms. The van der Waals surface area contributed by atoms with Gasteiger partial charge in [0.25, 0.3) is 5.94 Å². The van der Waals surface area contributed by atoms with Crippen LogP contribution in [-0.2, 0) is 11.2 Å². The van der Waals surface area contributed by atoms with Crippen molar-refractivity contribution < 1.29 is 28.7 Å². The second-order valence-electron chi connectivity index (χ2n) is 5.24. The SMILES string of the molecule is COc1ccc(C=CC(=O)c2cc3c(cc2OC)[S+]([O-])CO3)cc1O. The summed E-state index contributed by atoms with van der Waals surface area (Å²) < 4.78 is 27.4. The number of hydrogen-bond donors (Lipinski definition) is 1. The monoisotopic (exact) mass is 360 g/mol. The van der Waals surface area contributed by atoms with Crippen molar-refractivity contribution in [2.75, 3.05) is 20.2 Å². The van der Waals surface area contributed by atoms with Gasteiger partial charge in [0.05, 0.1) is 19.8 Å². The highest BCUT2D eigenvalue weighted by Gasteiger charge is 2.29. The Morgan fingerprint density at radius 1 is 1.24 bits per heavy atom. The van der Waals surface area contributed by atoms with E-state index in [0.29, 0.717) is 33.3 Å². The molecule has 2 aromatic rings. The number of rotatable bonds is 5. The van der Waals surface area contributed by atoms with Crippen molar-refractivity contribution in [2.45, 2.75) is 4.90 Å². The van der Waals surface area contributed by atoms with Crippen LogP contribution in [0.4, 0.5) is 0 Å². The number of hydrogen-bond acceptors (Lipinski definition) is 6. The number of fused-ring (bicyclic) bond motifs is 1. The molecule has 1 aliphatic heterocycles. The average molecular weight is 360 g/mol. The summed E-state index contributed by atoms with van der Waals surface area (Å²) in [7, 11) is 2.91. The molecule has 0 bridgehead atoms. The number of carbonyl (C=O) groups excluding carboxylic acids is 1. The number of ketones is 1. The second kappa shape index (κ2) is 7.08. The molecular formula is C18H16O6S. The molecule has 0 radical (unpaired) electrons. The molecular weight excluding hydrogens is 344 g/mol. The van der Waals surface area contributed by atoms with Crippen LogP contribution in [0.3, 0.4) is 0 Å². The van der Waals surface area contributed by atoms with Gasteiger partial charge in [-0.25, -0.2) is 0 Å². The zero-order valence-corrected chi connectivity index (χ0v) is 14.5. The molecule has 0 aliphatic carbocycles. The van der Waals surface area contributed by atoms with Gasteiger partial charge in [-0.15, -0.1) is 0 Å². The third kappa shape index (κ3) is 3.42. The van der Waals surface area contributed by atoms with Crippen molar-refractivity contribution in [1.82, 2.24) is 0 Å². The Bertz CT molecular complexity index is 846. The zero-order valence-electron chi connectivity index (χ0n) is 13.6. The van der Waals surface area contributed by atoms with Gasteiger partial charge in [-0.3, -0.25) is 4.79 Å². The van der Waals surface area contributed by atoms with Gasteiger partial charge in [-0.1, -0.05) is 12.1 Å². The molecule has 0 fully saturated rings. The molecule has 0 spiro atoms. The number of aromatic hydroxyl groups is 1. The minimum Gasteiger partial charge on any atom is -0.609 e. The summed E-state index contributed by atoms with van der Waals surface area (Å²) in [6, 6.07) is 7.93. The van der Waals surface area contributed by atoms with Gasteiger partial charge in [-0.05, 0) is 23.8 Å². The van der Waals surface area contributed by atoms with Crippen LogP contribution in [0, 0.1) is 0 Å². The van der Waals surface area contributed by atoms with Gasteiger partial charge in [0, 0.05) is 23.3 Å². The average Bonchev–Trinajstić information content (AvgIpc) is 2.99. The Labute approximate surface area is 147 Å². The normalized spacial score (nSPS) is 15.7. The summed E-state index contributed by atoms with van der Waals surface area (Å²) in [4.78, 5) is 13.0. The van der Waals surface area contributed by atoms with Gasteiger partial charge < -0.3 is 23.9 Å². The molecule has 7 heteroatoms. The summed E-state index contributed by atoms with van der Waals surface area (Å²) in [5.41, 5.74) is 0.957. The number of allylic oxidation sites excluding steroid dienone is 1. The van der Waals surface area contributed by atoms with Crippen molar-refractivity contribution in [3.63, 3.8) is 0 Å². The van der Waals surface area contributed by atoms with E-state index in [1.165, 1.54) is 32.4 Å². The van der Waals surface area contributed by atoms with Crippen LogP contribution in [0.1, 0.15) is 15.9 Å². The highest BCUT2D eigenvalue weighted by molar-refractivity contribution is 7.91. The van der Waals surface area contributed by atoms with Gasteiger partial charge in [0.15, 0.2) is 23.0 Å². The number of phenols is 1.